The van der Waals surface area contributed by atoms with Crippen molar-refractivity contribution in [3.8, 4) is 11.4 Å². The molecule has 1 aliphatic carbocycles. The molecule has 5 rings (SSSR count). The number of benzene rings is 2. The SMILES string of the molecule is COc1ccc(-n2c(=O)c3ccccc3n3c(SCCC(=O)NC4CCCCC4)nnc23)cc1. The first-order valence-electron chi connectivity index (χ1n) is 11.6. The van der Waals surface area contributed by atoms with E-state index in [0.717, 1.165) is 18.4 Å². The number of carbonyl (C=O) groups excluding carboxylic acids is 1. The molecule has 2 heterocycles. The summed E-state index contributed by atoms with van der Waals surface area (Å²) in [5.74, 6) is 1.80. The maximum Gasteiger partial charge on any atom is 0.267 e. The molecule has 1 aliphatic rings. The normalized spacial score (nSPS) is 14.5. The first-order valence-corrected chi connectivity index (χ1v) is 12.6. The highest BCUT2D eigenvalue weighted by molar-refractivity contribution is 7.99. The molecule has 1 saturated carbocycles. The molecule has 0 unspecified atom stereocenters. The van der Waals surface area contributed by atoms with Crippen LogP contribution in [0.15, 0.2) is 58.5 Å². The first-order chi connectivity index (χ1) is 16.7. The lowest BCUT2D eigenvalue weighted by molar-refractivity contribution is -0.121. The molecular weight excluding hydrogens is 450 g/mol. The van der Waals surface area contributed by atoms with Gasteiger partial charge in [0.2, 0.25) is 11.7 Å². The van der Waals surface area contributed by atoms with E-state index in [2.05, 4.69) is 15.5 Å². The summed E-state index contributed by atoms with van der Waals surface area (Å²) in [6.07, 6.45) is 6.19. The Morgan fingerprint density at radius 2 is 1.85 bits per heavy atom. The molecule has 1 fully saturated rings. The summed E-state index contributed by atoms with van der Waals surface area (Å²) < 4.78 is 8.71. The molecule has 0 aliphatic heterocycles. The highest BCUT2D eigenvalue weighted by Crippen LogP contribution is 2.24. The number of carbonyl (C=O) groups is 1. The van der Waals surface area contributed by atoms with Gasteiger partial charge in [-0.1, -0.05) is 43.2 Å². The molecule has 0 saturated heterocycles. The maximum atomic E-state index is 13.4. The molecule has 2 aromatic heterocycles. The number of hydrogen-bond donors (Lipinski definition) is 1. The van der Waals surface area contributed by atoms with E-state index in [1.54, 1.807) is 11.7 Å². The van der Waals surface area contributed by atoms with Crippen molar-refractivity contribution in [1.29, 1.82) is 0 Å². The second-order valence-corrected chi connectivity index (χ2v) is 9.54. The van der Waals surface area contributed by atoms with Crippen LogP contribution in [-0.2, 0) is 4.79 Å². The fourth-order valence-electron chi connectivity index (χ4n) is 4.52. The standard InChI is InChI=1S/C25H27N5O3S/c1-33-19-13-11-18(12-14-19)29-23(32)20-9-5-6-10-21(20)30-24(29)27-28-25(30)34-16-15-22(31)26-17-7-3-2-4-8-17/h5-6,9-14,17H,2-4,7-8,15-16H2,1H3,(H,26,31). The molecule has 0 spiro atoms. The van der Waals surface area contributed by atoms with Gasteiger partial charge in [0.15, 0.2) is 5.16 Å². The van der Waals surface area contributed by atoms with Crippen molar-refractivity contribution in [3.05, 3.63) is 58.9 Å². The molecule has 176 valence electrons. The van der Waals surface area contributed by atoms with Crippen LogP contribution in [0.2, 0.25) is 0 Å². The number of thioether (sulfide) groups is 1. The number of para-hydroxylation sites is 1. The summed E-state index contributed by atoms with van der Waals surface area (Å²) in [4.78, 5) is 25.8. The fourth-order valence-corrected chi connectivity index (χ4v) is 5.40. The number of nitrogens with zero attached hydrogens (tertiary/aromatic N) is 4. The summed E-state index contributed by atoms with van der Waals surface area (Å²) in [6.45, 7) is 0. The number of amides is 1. The Balaban J connectivity index is 1.45. The number of hydrogen-bond acceptors (Lipinski definition) is 6. The van der Waals surface area contributed by atoms with Crippen molar-refractivity contribution in [3.63, 3.8) is 0 Å². The van der Waals surface area contributed by atoms with E-state index in [1.165, 1.54) is 31.0 Å². The van der Waals surface area contributed by atoms with Crippen LogP contribution in [0.4, 0.5) is 0 Å². The number of aromatic nitrogens is 4. The summed E-state index contributed by atoms with van der Waals surface area (Å²) in [5, 5.41) is 13.1. The van der Waals surface area contributed by atoms with Crippen LogP contribution in [0, 0.1) is 0 Å². The Hall–Kier alpha value is -3.33. The zero-order chi connectivity index (χ0) is 23.5. The number of fused-ring (bicyclic) bond motifs is 3. The lowest BCUT2D eigenvalue weighted by Crippen LogP contribution is -2.36. The van der Waals surface area contributed by atoms with Crippen LogP contribution < -0.4 is 15.6 Å². The van der Waals surface area contributed by atoms with Crippen LogP contribution in [-0.4, -0.2) is 44.0 Å². The average Bonchev–Trinajstić information content (AvgIpc) is 3.29. The van der Waals surface area contributed by atoms with Gasteiger partial charge in [0, 0.05) is 18.2 Å². The second-order valence-electron chi connectivity index (χ2n) is 8.47. The van der Waals surface area contributed by atoms with Gasteiger partial charge in [-0.2, -0.15) is 0 Å². The molecule has 1 amide bonds. The van der Waals surface area contributed by atoms with Crippen LogP contribution in [0.5, 0.6) is 5.75 Å². The Morgan fingerprint density at radius 1 is 1.09 bits per heavy atom. The largest absolute Gasteiger partial charge is 0.497 e. The Labute approximate surface area is 201 Å². The monoisotopic (exact) mass is 477 g/mol. The summed E-state index contributed by atoms with van der Waals surface area (Å²) >= 11 is 1.47. The number of nitrogens with one attached hydrogen (secondary N) is 1. The maximum absolute atomic E-state index is 13.4. The van der Waals surface area contributed by atoms with E-state index in [0.29, 0.717) is 46.0 Å². The number of rotatable bonds is 7. The minimum Gasteiger partial charge on any atom is -0.497 e. The third kappa shape index (κ3) is 4.40. The minimum atomic E-state index is -0.163. The van der Waals surface area contributed by atoms with Crippen LogP contribution >= 0.6 is 11.8 Å². The molecule has 0 radical (unpaired) electrons. The highest BCUT2D eigenvalue weighted by atomic mass is 32.2. The molecule has 34 heavy (non-hydrogen) atoms. The minimum absolute atomic E-state index is 0.0771. The van der Waals surface area contributed by atoms with Crippen molar-refractivity contribution in [2.75, 3.05) is 12.9 Å². The van der Waals surface area contributed by atoms with Crippen molar-refractivity contribution >= 4 is 34.3 Å². The Kier molecular flexibility index (Phi) is 6.53. The molecule has 0 bridgehead atoms. The zero-order valence-electron chi connectivity index (χ0n) is 19.1. The predicted octanol–water partition coefficient (Wildman–Crippen LogP) is 3.97. The third-order valence-corrected chi connectivity index (χ3v) is 7.19. The molecule has 4 aromatic rings. The lowest BCUT2D eigenvalue weighted by Gasteiger charge is -2.22. The molecule has 8 nitrogen and oxygen atoms in total. The third-order valence-electron chi connectivity index (χ3n) is 6.26. The first kappa shape index (κ1) is 22.5. The highest BCUT2D eigenvalue weighted by Gasteiger charge is 2.19. The van der Waals surface area contributed by atoms with Crippen LogP contribution in [0.25, 0.3) is 22.4 Å². The van der Waals surface area contributed by atoms with Gasteiger partial charge in [-0.05, 0) is 49.2 Å². The average molecular weight is 478 g/mol. The van der Waals surface area contributed by atoms with E-state index < -0.39 is 0 Å². The van der Waals surface area contributed by atoms with Crippen molar-refractivity contribution in [2.45, 2.75) is 49.7 Å². The summed E-state index contributed by atoms with van der Waals surface area (Å²) in [7, 11) is 1.60. The van der Waals surface area contributed by atoms with Crippen LogP contribution in [0.1, 0.15) is 38.5 Å². The predicted molar refractivity (Wildman–Crippen MR) is 133 cm³/mol. The van der Waals surface area contributed by atoms with E-state index in [-0.39, 0.29) is 11.5 Å². The molecule has 9 heteroatoms. The molecular formula is C25H27N5O3S. The molecule has 1 N–H and O–H groups in total. The number of methoxy groups -OCH3 is 1. The molecule has 0 atom stereocenters. The van der Waals surface area contributed by atoms with Crippen molar-refractivity contribution in [2.24, 2.45) is 0 Å². The van der Waals surface area contributed by atoms with Crippen molar-refractivity contribution in [1.82, 2.24) is 24.5 Å². The van der Waals surface area contributed by atoms with Gasteiger partial charge in [-0.15, -0.1) is 10.2 Å². The topological polar surface area (TPSA) is 90.5 Å². The van der Waals surface area contributed by atoms with E-state index in [9.17, 15) is 9.59 Å². The van der Waals surface area contributed by atoms with E-state index in [4.69, 9.17) is 4.74 Å². The summed E-state index contributed by atoms with van der Waals surface area (Å²) in [5.41, 5.74) is 1.26. The van der Waals surface area contributed by atoms with Gasteiger partial charge in [0.25, 0.3) is 5.56 Å². The lowest BCUT2D eigenvalue weighted by atomic mass is 9.95. The zero-order valence-corrected chi connectivity index (χ0v) is 19.9. The second kappa shape index (κ2) is 9.89. The smallest absolute Gasteiger partial charge is 0.267 e. The van der Waals surface area contributed by atoms with E-state index >= 15 is 0 Å². The Morgan fingerprint density at radius 3 is 2.62 bits per heavy atom. The fraction of sp³-hybridized carbons (Fsp3) is 0.360. The van der Waals surface area contributed by atoms with Gasteiger partial charge in [0.1, 0.15) is 5.75 Å². The van der Waals surface area contributed by atoms with Gasteiger partial charge >= 0.3 is 0 Å². The van der Waals surface area contributed by atoms with Gasteiger partial charge in [-0.3, -0.25) is 14.0 Å². The van der Waals surface area contributed by atoms with Gasteiger partial charge in [-0.25, -0.2) is 4.57 Å². The van der Waals surface area contributed by atoms with E-state index in [1.807, 2.05) is 52.9 Å². The summed E-state index contributed by atoms with van der Waals surface area (Å²) in [6, 6.07) is 15.0. The quantitative estimate of drug-likeness (QED) is 0.405. The molecule has 2 aromatic carbocycles. The van der Waals surface area contributed by atoms with Crippen LogP contribution in [0.3, 0.4) is 0 Å². The number of ether oxygens (including phenoxy) is 1. The van der Waals surface area contributed by atoms with Gasteiger partial charge in [0.05, 0.1) is 23.7 Å². The van der Waals surface area contributed by atoms with Crippen molar-refractivity contribution < 1.29 is 9.53 Å². The van der Waals surface area contributed by atoms with Gasteiger partial charge < -0.3 is 10.1 Å². The Bertz CT molecular complexity index is 1370.